The molecule has 38 heavy (non-hydrogen) atoms. The molecule has 0 aliphatic carbocycles. The van der Waals surface area contributed by atoms with Crippen molar-refractivity contribution in [3.63, 3.8) is 0 Å². The van der Waals surface area contributed by atoms with Gasteiger partial charge in [-0.2, -0.15) is 0 Å². The van der Waals surface area contributed by atoms with Gasteiger partial charge in [0.25, 0.3) is 0 Å². The maximum absolute atomic E-state index is 13.3. The number of amides is 1. The number of methoxy groups -OCH3 is 1. The number of pyridine rings is 1. The van der Waals surface area contributed by atoms with E-state index >= 15 is 0 Å². The van der Waals surface area contributed by atoms with Crippen molar-refractivity contribution in [2.45, 2.75) is 37.5 Å². The molecule has 2 N–H and O–H groups in total. The third-order valence-corrected chi connectivity index (χ3v) is 7.90. The molecular formula is C30H33N3O5. The first-order valence-corrected chi connectivity index (χ1v) is 13.0. The summed E-state index contributed by atoms with van der Waals surface area (Å²) in [6, 6.07) is 15.6. The number of alkyl carbamates (subject to hydrolysis) is 1. The number of nitrogens with one attached hydrogen (secondary N) is 1. The van der Waals surface area contributed by atoms with Crippen LogP contribution in [0.4, 0.5) is 4.79 Å². The Hall–Kier alpha value is -3.91. The van der Waals surface area contributed by atoms with Crippen molar-refractivity contribution in [1.82, 2.24) is 15.2 Å². The average Bonchev–Trinajstić information content (AvgIpc) is 2.95. The molecule has 4 heterocycles. The van der Waals surface area contributed by atoms with Crippen LogP contribution >= 0.6 is 0 Å². The molecule has 8 nitrogen and oxygen atoms in total. The van der Waals surface area contributed by atoms with E-state index in [1.165, 1.54) is 0 Å². The van der Waals surface area contributed by atoms with Crippen LogP contribution < -0.4 is 10.1 Å². The fourth-order valence-electron chi connectivity index (χ4n) is 5.90. The lowest BCUT2D eigenvalue weighted by atomic mass is 9.73. The number of rotatable bonds is 9. The molecule has 2 aromatic carbocycles. The van der Waals surface area contributed by atoms with Crippen molar-refractivity contribution in [1.29, 1.82) is 0 Å². The molecule has 3 aliphatic heterocycles. The van der Waals surface area contributed by atoms with Gasteiger partial charge in [-0.25, -0.2) is 9.59 Å². The standard InChI is InChI=1S/C30H33N3O5/c1-3-20-18-33-14-12-21(20)16-27(33)28(23-11-13-31-25-10-9-22(37-2)17-24(23)25)38-30(36)32-26(29(34)35)15-19-7-5-4-6-8-19/h3-11,13,17,20-21,26-28H,1,12,14-16,18H2,2H3,(H,32,36)(H,34,35)/t20-,21+,26?,27+,28-/m1/s1. The lowest BCUT2D eigenvalue weighted by Gasteiger charge is -2.51. The second kappa shape index (κ2) is 11.2. The number of aromatic nitrogens is 1. The number of hydrogen-bond donors (Lipinski definition) is 2. The Labute approximate surface area is 222 Å². The minimum atomic E-state index is -1.12. The Bertz CT molecular complexity index is 1310. The normalized spacial score (nSPS) is 23.8. The summed E-state index contributed by atoms with van der Waals surface area (Å²) >= 11 is 0. The summed E-state index contributed by atoms with van der Waals surface area (Å²) in [5.41, 5.74) is 2.41. The number of carboxylic acids is 1. The van der Waals surface area contributed by atoms with E-state index < -0.39 is 24.2 Å². The van der Waals surface area contributed by atoms with Gasteiger partial charge >= 0.3 is 12.1 Å². The molecule has 8 heteroatoms. The maximum atomic E-state index is 13.3. The Kier molecular flexibility index (Phi) is 7.60. The zero-order valence-corrected chi connectivity index (χ0v) is 21.5. The highest BCUT2D eigenvalue weighted by molar-refractivity contribution is 5.85. The van der Waals surface area contributed by atoms with Crippen LogP contribution in [0.1, 0.15) is 30.1 Å². The van der Waals surface area contributed by atoms with Gasteiger partial charge in [-0.15, -0.1) is 6.58 Å². The fraction of sp³-hybridized carbons (Fsp3) is 0.367. The van der Waals surface area contributed by atoms with E-state index in [9.17, 15) is 14.7 Å². The quantitative estimate of drug-likeness (QED) is 0.402. The predicted molar refractivity (Wildman–Crippen MR) is 144 cm³/mol. The Morgan fingerprint density at radius 1 is 1.24 bits per heavy atom. The molecule has 198 valence electrons. The van der Waals surface area contributed by atoms with Gasteiger partial charge in [0.15, 0.2) is 0 Å². The van der Waals surface area contributed by atoms with Crippen molar-refractivity contribution < 1.29 is 24.2 Å². The first-order chi connectivity index (χ1) is 18.5. The molecule has 2 bridgehead atoms. The number of benzene rings is 2. The fourth-order valence-corrected chi connectivity index (χ4v) is 5.90. The summed E-state index contributed by atoms with van der Waals surface area (Å²) in [7, 11) is 1.61. The van der Waals surface area contributed by atoms with Crippen molar-refractivity contribution in [2.24, 2.45) is 11.8 Å². The third-order valence-electron chi connectivity index (χ3n) is 7.90. The van der Waals surface area contributed by atoms with Gasteiger partial charge in [0.2, 0.25) is 0 Å². The number of carbonyl (C=O) groups is 2. The van der Waals surface area contributed by atoms with Crippen molar-refractivity contribution >= 4 is 23.0 Å². The van der Waals surface area contributed by atoms with Gasteiger partial charge in [0.1, 0.15) is 17.9 Å². The van der Waals surface area contributed by atoms with E-state index in [2.05, 4.69) is 21.8 Å². The summed E-state index contributed by atoms with van der Waals surface area (Å²) in [5.74, 6) is 0.437. The molecular weight excluding hydrogens is 482 g/mol. The Morgan fingerprint density at radius 2 is 2.05 bits per heavy atom. The van der Waals surface area contributed by atoms with Crippen molar-refractivity contribution in [2.75, 3.05) is 20.2 Å². The van der Waals surface area contributed by atoms with E-state index in [0.29, 0.717) is 17.6 Å². The number of carbonyl (C=O) groups excluding carboxylic acids is 1. The lowest BCUT2D eigenvalue weighted by Crippen LogP contribution is -2.56. The largest absolute Gasteiger partial charge is 0.497 e. The van der Waals surface area contributed by atoms with Crippen molar-refractivity contribution in [3.05, 3.63) is 84.6 Å². The molecule has 6 rings (SSSR count). The number of carboxylic acid groups (broad SMARTS) is 1. The van der Waals surface area contributed by atoms with Gasteiger partial charge in [0.05, 0.1) is 18.7 Å². The van der Waals surface area contributed by atoms with E-state index in [1.807, 2.05) is 60.7 Å². The van der Waals surface area contributed by atoms with Gasteiger partial charge in [0, 0.05) is 30.1 Å². The predicted octanol–water partition coefficient (Wildman–Crippen LogP) is 4.60. The van der Waals surface area contributed by atoms with Crippen LogP contribution in [0, 0.1) is 11.8 Å². The van der Waals surface area contributed by atoms with Crippen LogP contribution in [0.3, 0.4) is 0 Å². The molecule has 3 aromatic rings. The van der Waals surface area contributed by atoms with Crippen LogP contribution in [-0.2, 0) is 16.0 Å². The molecule has 2 unspecified atom stereocenters. The molecule has 3 saturated heterocycles. The summed E-state index contributed by atoms with van der Waals surface area (Å²) in [4.78, 5) is 32.2. The van der Waals surface area contributed by atoms with E-state index in [-0.39, 0.29) is 12.5 Å². The van der Waals surface area contributed by atoms with Gasteiger partial charge in [-0.1, -0.05) is 36.4 Å². The number of piperidine rings is 3. The average molecular weight is 516 g/mol. The van der Waals surface area contributed by atoms with E-state index in [4.69, 9.17) is 9.47 Å². The number of nitrogens with zero attached hydrogens (tertiary/aromatic N) is 2. The molecule has 0 radical (unpaired) electrons. The highest BCUT2D eigenvalue weighted by Gasteiger charge is 2.44. The van der Waals surface area contributed by atoms with Gasteiger partial charge in [-0.05, 0) is 61.1 Å². The monoisotopic (exact) mass is 515 g/mol. The lowest BCUT2D eigenvalue weighted by molar-refractivity contribution is -0.139. The number of fused-ring (bicyclic) bond motifs is 4. The minimum absolute atomic E-state index is 0.0510. The van der Waals surface area contributed by atoms with Crippen molar-refractivity contribution in [3.8, 4) is 5.75 Å². The third kappa shape index (κ3) is 5.36. The Morgan fingerprint density at radius 3 is 2.74 bits per heavy atom. The second-order valence-electron chi connectivity index (χ2n) is 10.1. The van der Waals surface area contributed by atoms with Gasteiger partial charge in [-0.3, -0.25) is 9.88 Å². The molecule has 1 amide bonds. The summed E-state index contributed by atoms with van der Waals surface area (Å²) in [6.07, 6.45) is 4.47. The molecule has 3 aliphatic rings. The maximum Gasteiger partial charge on any atom is 0.408 e. The topological polar surface area (TPSA) is 101 Å². The number of ether oxygens (including phenoxy) is 2. The molecule has 6 atom stereocenters. The summed E-state index contributed by atoms with van der Waals surface area (Å²) in [5, 5.41) is 13.3. The zero-order valence-electron chi connectivity index (χ0n) is 21.5. The van der Waals surface area contributed by atoms with Gasteiger partial charge < -0.3 is 19.9 Å². The SMILES string of the molecule is C=C[C@@H]1CN2CC[C@H]1C[C@H]2[C@H](OC(=O)NC(Cc1ccccc1)C(=O)O)c1ccnc2ccc(OC)cc12. The number of aliphatic carboxylic acids is 1. The first kappa shape index (κ1) is 25.7. The molecule has 0 spiro atoms. The smallest absolute Gasteiger partial charge is 0.408 e. The van der Waals surface area contributed by atoms with E-state index in [0.717, 1.165) is 48.0 Å². The Balaban J connectivity index is 1.46. The van der Waals surface area contributed by atoms with E-state index in [1.54, 1.807) is 13.3 Å². The van der Waals surface area contributed by atoms with Crippen LogP contribution in [0.15, 0.2) is 73.4 Å². The zero-order chi connectivity index (χ0) is 26.6. The number of hydrogen-bond acceptors (Lipinski definition) is 6. The summed E-state index contributed by atoms with van der Waals surface area (Å²) in [6.45, 7) is 5.80. The molecule has 1 aromatic heterocycles. The van der Waals surface area contributed by atoms with Crippen LogP contribution in [-0.4, -0.2) is 59.3 Å². The highest BCUT2D eigenvalue weighted by atomic mass is 16.6. The van der Waals surface area contributed by atoms with Crippen LogP contribution in [0.25, 0.3) is 10.9 Å². The molecule has 3 fully saturated rings. The second-order valence-corrected chi connectivity index (χ2v) is 10.1. The summed E-state index contributed by atoms with van der Waals surface area (Å²) < 4.78 is 11.6. The highest BCUT2D eigenvalue weighted by Crippen LogP contribution is 2.43. The van der Waals surface area contributed by atoms with Crippen LogP contribution in [0.5, 0.6) is 5.75 Å². The first-order valence-electron chi connectivity index (χ1n) is 13.0. The van der Waals surface area contributed by atoms with Crippen LogP contribution in [0.2, 0.25) is 0 Å². The molecule has 0 saturated carbocycles. The minimum Gasteiger partial charge on any atom is -0.497 e.